The molecule has 2 rings (SSSR count). The van der Waals surface area contributed by atoms with E-state index < -0.39 is 21.6 Å². The number of rotatable bonds is 2. The number of aliphatic hydroxyl groups excluding tert-OH is 1. The molecule has 6 heteroatoms. The average Bonchev–Trinajstić information content (AvgIpc) is 2.61. The van der Waals surface area contributed by atoms with Gasteiger partial charge in [-0.2, -0.15) is 4.31 Å². The van der Waals surface area contributed by atoms with Crippen LogP contribution < -0.4 is 0 Å². The van der Waals surface area contributed by atoms with Crippen LogP contribution in [0.5, 0.6) is 0 Å². The molecule has 1 heterocycles. The number of carbonyl (C=O) groups is 1. The summed E-state index contributed by atoms with van der Waals surface area (Å²) < 4.78 is 24.9. The summed E-state index contributed by atoms with van der Waals surface area (Å²) in [5, 5.41) is 9.24. The third kappa shape index (κ3) is 2.08. The monoisotopic (exact) mass is 257 g/mol. The van der Waals surface area contributed by atoms with E-state index in [1.54, 1.807) is 12.2 Å². The van der Waals surface area contributed by atoms with Gasteiger partial charge in [0.25, 0.3) is 0 Å². The number of aliphatic hydroxyl groups is 1. The van der Waals surface area contributed by atoms with Gasteiger partial charge in [0.2, 0.25) is 10.0 Å². The molecule has 94 valence electrons. The van der Waals surface area contributed by atoms with Crippen molar-refractivity contribution in [1.29, 1.82) is 0 Å². The van der Waals surface area contributed by atoms with Crippen molar-refractivity contribution in [3.8, 4) is 0 Å². The lowest BCUT2D eigenvalue weighted by molar-refractivity contribution is -0.110. The minimum absolute atomic E-state index is 0.142. The van der Waals surface area contributed by atoms with E-state index in [0.29, 0.717) is 12.8 Å². The highest BCUT2D eigenvalue weighted by molar-refractivity contribution is 7.88. The standard InChI is InChI=1S/C11H15NO4S/c1-17(15,16)12-9(8-13)2-5-11(12)6-3-10(14)4-7-11/h3-4,6-7,9,13H,2,5,8H2,1H3/t9-/m1/s1. The molecule has 1 fully saturated rings. The molecule has 1 aliphatic carbocycles. The van der Waals surface area contributed by atoms with Crippen molar-refractivity contribution in [3.05, 3.63) is 24.3 Å². The summed E-state index contributed by atoms with van der Waals surface area (Å²) in [6, 6.07) is -0.410. The molecule has 1 spiro atoms. The van der Waals surface area contributed by atoms with Gasteiger partial charge in [-0.3, -0.25) is 4.79 Å². The molecular formula is C11H15NO4S. The van der Waals surface area contributed by atoms with E-state index >= 15 is 0 Å². The van der Waals surface area contributed by atoms with Gasteiger partial charge in [-0.25, -0.2) is 8.42 Å². The highest BCUT2D eigenvalue weighted by Crippen LogP contribution is 2.39. The van der Waals surface area contributed by atoms with E-state index in [2.05, 4.69) is 0 Å². The van der Waals surface area contributed by atoms with Gasteiger partial charge in [0.05, 0.1) is 18.4 Å². The number of hydrogen-bond donors (Lipinski definition) is 1. The fourth-order valence-corrected chi connectivity index (χ4v) is 4.13. The first kappa shape index (κ1) is 12.5. The van der Waals surface area contributed by atoms with Crippen LogP contribution in [0.2, 0.25) is 0 Å². The molecule has 1 N–H and O–H groups in total. The van der Waals surface area contributed by atoms with Crippen molar-refractivity contribution >= 4 is 15.8 Å². The van der Waals surface area contributed by atoms with Gasteiger partial charge < -0.3 is 5.11 Å². The Morgan fingerprint density at radius 1 is 1.47 bits per heavy atom. The second-order valence-electron chi connectivity index (χ2n) is 4.49. The number of ketones is 1. The molecule has 0 amide bonds. The normalized spacial score (nSPS) is 28.1. The molecule has 0 saturated carbocycles. The maximum atomic E-state index is 11.8. The summed E-state index contributed by atoms with van der Waals surface area (Å²) in [6.45, 7) is -0.204. The van der Waals surface area contributed by atoms with Crippen molar-refractivity contribution in [1.82, 2.24) is 4.31 Å². The number of allylic oxidation sites excluding steroid dienone is 2. The van der Waals surface area contributed by atoms with Crippen LogP contribution in [0.3, 0.4) is 0 Å². The van der Waals surface area contributed by atoms with E-state index in [1.807, 2.05) is 0 Å². The molecule has 1 atom stereocenters. The number of sulfonamides is 1. The lowest BCUT2D eigenvalue weighted by Crippen LogP contribution is -2.49. The van der Waals surface area contributed by atoms with Crippen LogP contribution in [0.25, 0.3) is 0 Å². The summed E-state index contributed by atoms with van der Waals surface area (Å²) in [5.74, 6) is -0.142. The SMILES string of the molecule is CS(=O)(=O)N1[C@@H](CO)CCC12C=CC(=O)C=C2. The molecule has 1 saturated heterocycles. The third-order valence-electron chi connectivity index (χ3n) is 3.26. The Bertz CT molecular complexity index is 476. The molecule has 0 aromatic heterocycles. The Kier molecular flexibility index (Phi) is 2.97. The Labute approximate surface area is 100 Å². The van der Waals surface area contributed by atoms with E-state index in [9.17, 15) is 18.3 Å². The van der Waals surface area contributed by atoms with Gasteiger partial charge in [-0.05, 0) is 25.0 Å². The molecule has 0 aromatic carbocycles. The molecule has 0 radical (unpaired) electrons. The molecule has 1 aliphatic heterocycles. The van der Waals surface area contributed by atoms with E-state index in [-0.39, 0.29) is 12.4 Å². The van der Waals surface area contributed by atoms with Crippen LogP contribution in [0.1, 0.15) is 12.8 Å². The molecule has 0 bridgehead atoms. The zero-order valence-corrected chi connectivity index (χ0v) is 10.4. The predicted molar refractivity (Wildman–Crippen MR) is 62.8 cm³/mol. The molecule has 17 heavy (non-hydrogen) atoms. The van der Waals surface area contributed by atoms with Crippen LogP contribution >= 0.6 is 0 Å². The highest BCUT2D eigenvalue weighted by atomic mass is 32.2. The van der Waals surface area contributed by atoms with E-state index in [1.165, 1.54) is 16.5 Å². The third-order valence-corrected chi connectivity index (χ3v) is 4.61. The summed E-state index contributed by atoms with van der Waals surface area (Å²) >= 11 is 0. The minimum atomic E-state index is -3.43. The molecular weight excluding hydrogens is 242 g/mol. The Hall–Kier alpha value is -0.980. The second kappa shape index (κ2) is 4.04. The van der Waals surface area contributed by atoms with Crippen molar-refractivity contribution in [2.75, 3.05) is 12.9 Å². The lowest BCUT2D eigenvalue weighted by Gasteiger charge is -2.35. The van der Waals surface area contributed by atoms with Crippen molar-refractivity contribution in [2.24, 2.45) is 0 Å². The summed E-state index contributed by atoms with van der Waals surface area (Å²) in [7, 11) is -3.43. The summed E-state index contributed by atoms with van der Waals surface area (Å²) in [4.78, 5) is 11.1. The number of nitrogens with zero attached hydrogens (tertiary/aromatic N) is 1. The molecule has 0 aromatic rings. The number of carbonyl (C=O) groups excluding carboxylic acids is 1. The largest absolute Gasteiger partial charge is 0.395 e. The van der Waals surface area contributed by atoms with Gasteiger partial charge in [0.15, 0.2) is 5.78 Å². The topological polar surface area (TPSA) is 74.7 Å². The van der Waals surface area contributed by atoms with Gasteiger partial charge in [0.1, 0.15) is 0 Å². The predicted octanol–water partition coefficient (Wildman–Crippen LogP) is -0.163. The maximum Gasteiger partial charge on any atom is 0.212 e. The first-order valence-corrected chi connectivity index (χ1v) is 7.27. The van der Waals surface area contributed by atoms with Crippen LogP contribution in [-0.4, -0.2) is 48.1 Å². The Morgan fingerprint density at radius 3 is 2.53 bits per heavy atom. The van der Waals surface area contributed by atoms with Crippen LogP contribution in [0, 0.1) is 0 Å². The first-order valence-electron chi connectivity index (χ1n) is 5.42. The lowest BCUT2D eigenvalue weighted by atomic mass is 9.92. The quantitative estimate of drug-likeness (QED) is 0.745. The van der Waals surface area contributed by atoms with Gasteiger partial charge in [-0.1, -0.05) is 12.2 Å². The number of hydrogen-bond acceptors (Lipinski definition) is 4. The summed E-state index contributed by atoms with van der Waals surface area (Å²) in [5.41, 5.74) is -0.769. The van der Waals surface area contributed by atoms with Crippen LogP contribution in [0.15, 0.2) is 24.3 Å². The van der Waals surface area contributed by atoms with Gasteiger partial charge in [0, 0.05) is 6.04 Å². The molecule has 2 aliphatic rings. The zero-order chi connectivity index (χ0) is 12.7. The Morgan fingerprint density at radius 2 is 2.06 bits per heavy atom. The highest BCUT2D eigenvalue weighted by Gasteiger charge is 2.48. The van der Waals surface area contributed by atoms with Crippen molar-refractivity contribution in [2.45, 2.75) is 24.4 Å². The van der Waals surface area contributed by atoms with Gasteiger partial charge >= 0.3 is 0 Å². The van der Waals surface area contributed by atoms with Gasteiger partial charge in [-0.15, -0.1) is 0 Å². The molecule has 0 unspecified atom stereocenters. The fraction of sp³-hybridized carbons (Fsp3) is 0.545. The van der Waals surface area contributed by atoms with E-state index in [0.717, 1.165) is 6.26 Å². The van der Waals surface area contributed by atoms with Crippen molar-refractivity contribution in [3.63, 3.8) is 0 Å². The Balaban J connectivity index is 2.45. The van der Waals surface area contributed by atoms with Crippen molar-refractivity contribution < 1.29 is 18.3 Å². The fourth-order valence-electron chi connectivity index (χ4n) is 2.59. The zero-order valence-electron chi connectivity index (χ0n) is 9.54. The minimum Gasteiger partial charge on any atom is -0.395 e. The second-order valence-corrected chi connectivity index (χ2v) is 6.35. The van der Waals surface area contributed by atoms with Crippen LogP contribution in [-0.2, 0) is 14.8 Å². The average molecular weight is 257 g/mol. The van der Waals surface area contributed by atoms with Crippen LogP contribution in [0.4, 0.5) is 0 Å². The first-order chi connectivity index (χ1) is 7.89. The summed E-state index contributed by atoms with van der Waals surface area (Å²) in [6.07, 6.45) is 8.31. The molecule has 5 nitrogen and oxygen atoms in total. The van der Waals surface area contributed by atoms with E-state index in [4.69, 9.17) is 0 Å². The maximum absolute atomic E-state index is 11.8. The smallest absolute Gasteiger partial charge is 0.212 e.